The summed E-state index contributed by atoms with van der Waals surface area (Å²) >= 11 is 0. The largest absolute Gasteiger partial charge is 0.497 e. The van der Waals surface area contributed by atoms with Gasteiger partial charge in [-0.15, -0.1) is 0 Å². The Bertz CT molecular complexity index is 1460. The average Bonchev–Trinajstić information content (AvgIpc) is 3.41. The van der Waals surface area contributed by atoms with Crippen molar-refractivity contribution in [2.24, 2.45) is 0 Å². The van der Waals surface area contributed by atoms with E-state index in [-0.39, 0.29) is 12.4 Å². The minimum Gasteiger partial charge on any atom is -0.497 e. The summed E-state index contributed by atoms with van der Waals surface area (Å²) in [5.41, 5.74) is 2.53. The number of anilines is 2. The summed E-state index contributed by atoms with van der Waals surface area (Å²) in [5.74, 6) is 0.642. The standard InChI is InChI=1S/C31H34FN5O4/c1-4-5-9-18-36(31(39)33-26-17-16-25(40-2)19-28(26)41-3)21-30(38)34-29-20-27(22-10-7-6-8-11-22)35-37(29)24-14-12-23(32)13-15-24/h6-8,10-17,19-20H,4-5,9,18,21H2,1-3H3,(H,33,39)(H,34,38). The van der Waals surface area contributed by atoms with Gasteiger partial charge in [-0.05, 0) is 42.8 Å². The molecule has 0 spiro atoms. The lowest BCUT2D eigenvalue weighted by Gasteiger charge is -2.23. The molecule has 0 fully saturated rings. The van der Waals surface area contributed by atoms with E-state index >= 15 is 0 Å². The predicted molar refractivity (Wildman–Crippen MR) is 157 cm³/mol. The SMILES string of the molecule is CCCCCN(CC(=O)Nc1cc(-c2ccccc2)nn1-c1ccc(F)cc1)C(=O)Nc1ccc(OC)cc1OC. The van der Waals surface area contributed by atoms with Crippen molar-refractivity contribution in [2.75, 3.05) is 37.9 Å². The highest BCUT2D eigenvalue weighted by Gasteiger charge is 2.21. The fourth-order valence-corrected chi connectivity index (χ4v) is 4.26. The summed E-state index contributed by atoms with van der Waals surface area (Å²) in [6.07, 6.45) is 2.62. The van der Waals surface area contributed by atoms with Gasteiger partial charge in [-0.3, -0.25) is 4.79 Å². The zero-order valence-corrected chi connectivity index (χ0v) is 23.4. The van der Waals surface area contributed by atoms with Crippen molar-refractivity contribution in [3.63, 3.8) is 0 Å². The molecular formula is C31H34FN5O4. The predicted octanol–water partition coefficient (Wildman–Crippen LogP) is 6.36. The van der Waals surface area contributed by atoms with Gasteiger partial charge in [-0.2, -0.15) is 5.10 Å². The third kappa shape index (κ3) is 7.63. The Morgan fingerprint density at radius 2 is 1.68 bits per heavy atom. The summed E-state index contributed by atoms with van der Waals surface area (Å²) < 4.78 is 25.8. The lowest BCUT2D eigenvalue weighted by molar-refractivity contribution is -0.116. The Labute approximate surface area is 238 Å². The summed E-state index contributed by atoms with van der Waals surface area (Å²) in [5, 5.41) is 10.4. The van der Waals surface area contributed by atoms with E-state index in [2.05, 4.69) is 22.7 Å². The van der Waals surface area contributed by atoms with Crippen LogP contribution in [0.15, 0.2) is 78.9 Å². The maximum atomic E-state index is 13.6. The number of carbonyl (C=O) groups is 2. The molecule has 0 bridgehead atoms. The number of hydrogen-bond acceptors (Lipinski definition) is 5. The molecule has 0 aliphatic carbocycles. The fraction of sp³-hybridized carbons (Fsp3) is 0.258. The van der Waals surface area contributed by atoms with Gasteiger partial charge in [0.15, 0.2) is 0 Å². The lowest BCUT2D eigenvalue weighted by atomic mass is 10.1. The van der Waals surface area contributed by atoms with Gasteiger partial charge in [-0.25, -0.2) is 13.9 Å². The number of nitrogens with one attached hydrogen (secondary N) is 2. The van der Waals surface area contributed by atoms with Gasteiger partial charge < -0.3 is 25.0 Å². The third-order valence-electron chi connectivity index (χ3n) is 6.42. The monoisotopic (exact) mass is 559 g/mol. The first-order chi connectivity index (χ1) is 19.9. The molecule has 0 radical (unpaired) electrons. The van der Waals surface area contributed by atoms with Crippen LogP contribution >= 0.6 is 0 Å². The van der Waals surface area contributed by atoms with Crippen LogP contribution in [0.1, 0.15) is 26.2 Å². The molecule has 9 nitrogen and oxygen atoms in total. The van der Waals surface area contributed by atoms with Gasteiger partial charge in [0, 0.05) is 24.2 Å². The highest BCUT2D eigenvalue weighted by molar-refractivity contribution is 5.97. The van der Waals surface area contributed by atoms with Crippen molar-refractivity contribution in [3.8, 4) is 28.4 Å². The molecule has 1 heterocycles. The quantitative estimate of drug-likeness (QED) is 0.197. The first-order valence-corrected chi connectivity index (χ1v) is 13.4. The Hall–Kier alpha value is -4.86. The van der Waals surface area contributed by atoms with E-state index in [1.165, 1.54) is 24.1 Å². The molecule has 0 saturated heterocycles. The van der Waals surface area contributed by atoms with Gasteiger partial charge in [-0.1, -0.05) is 50.1 Å². The van der Waals surface area contributed by atoms with Crippen molar-refractivity contribution in [1.29, 1.82) is 0 Å². The van der Waals surface area contributed by atoms with E-state index in [0.717, 1.165) is 24.8 Å². The minimum absolute atomic E-state index is 0.191. The van der Waals surface area contributed by atoms with Gasteiger partial charge in [0.05, 0.1) is 31.3 Å². The molecule has 1 aromatic heterocycles. The molecule has 3 amide bonds. The Balaban J connectivity index is 1.56. The number of aromatic nitrogens is 2. The van der Waals surface area contributed by atoms with E-state index in [9.17, 15) is 14.0 Å². The minimum atomic E-state index is -0.434. The number of halogens is 1. The number of carbonyl (C=O) groups excluding carboxylic acids is 2. The second kappa shape index (κ2) is 14.0. The first kappa shape index (κ1) is 29.1. The molecule has 4 aromatic rings. The van der Waals surface area contributed by atoms with Crippen LogP contribution < -0.4 is 20.1 Å². The number of urea groups is 1. The number of ether oxygens (including phenoxy) is 2. The molecule has 214 valence electrons. The molecule has 0 aliphatic heterocycles. The maximum Gasteiger partial charge on any atom is 0.322 e. The summed E-state index contributed by atoms with van der Waals surface area (Å²) in [4.78, 5) is 28.1. The fourth-order valence-electron chi connectivity index (χ4n) is 4.26. The third-order valence-corrected chi connectivity index (χ3v) is 6.42. The summed E-state index contributed by atoms with van der Waals surface area (Å²) in [7, 11) is 3.05. The number of rotatable bonds is 12. The van der Waals surface area contributed by atoms with Gasteiger partial charge >= 0.3 is 6.03 Å². The number of amides is 3. The van der Waals surface area contributed by atoms with Crippen LogP contribution in [0, 0.1) is 5.82 Å². The smallest absolute Gasteiger partial charge is 0.322 e. The number of methoxy groups -OCH3 is 2. The van der Waals surface area contributed by atoms with E-state index in [4.69, 9.17) is 9.47 Å². The van der Waals surface area contributed by atoms with E-state index in [1.807, 2.05) is 30.3 Å². The maximum absolute atomic E-state index is 13.6. The number of nitrogens with zero attached hydrogens (tertiary/aromatic N) is 3. The average molecular weight is 560 g/mol. The molecule has 0 saturated carbocycles. The Kier molecular flexibility index (Phi) is 9.93. The molecular weight excluding hydrogens is 525 g/mol. The van der Waals surface area contributed by atoms with Crippen LogP contribution in [0.2, 0.25) is 0 Å². The molecule has 4 rings (SSSR count). The normalized spacial score (nSPS) is 10.6. The van der Waals surface area contributed by atoms with Crippen LogP contribution in [0.25, 0.3) is 16.9 Å². The topological polar surface area (TPSA) is 97.7 Å². The molecule has 0 unspecified atom stereocenters. The van der Waals surface area contributed by atoms with Crippen molar-refractivity contribution in [3.05, 3.63) is 84.7 Å². The lowest BCUT2D eigenvalue weighted by Crippen LogP contribution is -2.41. The van der Waals surface area contributed by atoms with Crippen LogP contribution in [0.4, 0.5) is 20.7 Å². The van der Waals surface area contributed by atoms with Crippen LogP contribution in [-0.4, -0.2) is 53.9 Å². The molecule has 2 N–H and O–H groups in total. The molecule has 3 aromatic carbocycles. The van der Waals surface area contributed by atoms with Crippen molar-refractivity contribution < 1.29 is 23.5 Å². The highest BCUT2D eigenvalue weighted by atomic mass is 19.1. The second-order valence-corrected chi connectivity index (χ2v) is 9.34. The van der Waals surface area contributed by atoms with E-state index < -0.39 is 11.9 Å². The summed E-state index contributed by atoms with van der Waals surface area (Å²) in [6, 6.07) is 21.7. The second-order valence-electron chi connectivity index (χ2n) is 9.34. The van der Waals surface area contributed by atoms with Gasteiger partial charge in [0.2, 0.25) is 5.91 Å². The van der Waals surface area contributed by atoms with Crippen molar-refractivity contribution in [1.82, 2.24) is 14.7 Å². The Morgan fingerprint density at radius 1 is 0.927 bits per heavy atom. The molecule has 0 aliphatic rings. The molecule has 10 heteroatoms. The van der Waals surface area contributed by atoms with Crippen LogP contribution in [0.5, 0.6) is 11.5 Å². The zero-order chi connectivity index (χ0) is 29.2. The number of unbranched alkanes of at least 4 members (excludes halogenated alkanes) is 2. The molecule has 41 heavy (non-hydrogen) atoms. The van der Waals surface area contributed by atoms with E-state index in [0.29, 0.717) is 40.9 Å². The first-order valence-electron chi connectivity index (χ1n) is 13.4. The zero-order valence-electron chi connectivity index (χ0n) is 23.4. The van der Waals surface area contributed by atoms with E-state index in [1.54, 1.807) is 48.2 Å². The van der Waals surface area contributed by atoms with Gasteiger partial charge in [0.25, 0.3) is 0 Å². The number of benzene rings is 3. The van der Waals surface area contributed by atoms with Crippen molar-refractivity contribution in [2.45, 2.75) is 26.2 Å². The molecule has 0 atom stereocenters. The Morgan fingerprint density at radius 3 is 2.37 bits per heavy atom. The highest BCUT2D eigenvalue weighted by Crippen LogP contribution is 2.29. The van der Waals surface area contributed by atoms with Gasteiger partial charge in [0.1, 0.15) is 29.7 Å². The summed E-state index contributed by atoms with van der Waals surface area (Å²) in [6.45, 7) is 2.27. The number of hydrogen-bond donors (Lipinski definition) is 2. The van der Waals surface area contributed by atoms with Crippen LogP contribution in [-0.2, 0) is 4.79 Å². The van der Waals surface area contributed by atoms with Crippen LogP contribution in [0.3, 0.4) is 0 Å². The van der Waals surface area contributed by atoms with Crippen molar-refractivity contribution >= 4 is 23.4 Å².